The van der Waals surface area contributed by atoms with Gasteiger partial charge in [0.1, 0.15) is 0 Å². The molecule has 6 heteroatoms. The second-order valence-electron chi connectivity index (χ2n) is 5.78. The molecule has 3 rings (SSSR count). The molecule has 1 aliphatic rings. The number of carbonyl (C=O) groups excluding carboxylic acids is 1. The van der Waals surface area contributed by atoms with Crippen LogP contribution in [0.1, 0.15) is 19.4 Å². The average Bonchev–Trinajstić information content (AvgIpc) is 2.86. The van der Waals surface area contributed by atoms with Crippen molar-refractivity contribution in [3.8, 4) is 0 Å². The summed E-state index contributed by atoms with van der Waals surface area (Å²) in [6.45, 7) is 3.94. The van der Waals surface area contributed by atoms with Crippen molar-refractivity contribution in [1.29, 1.82) is 0 Å². The van der Waals surface area contributed by atoms with E-state index in [-0.39, 0.29) is 11.9 Å². The molecule has 1 saturated heterocycles. The molecule has 128 valence electrons. The third kappa shape index (κ3) is 4.09. The Morgan fingerprint density at radius 1 is 1.12 bits per heavy atom. The molecule has 0 unspecified atom stereocenters. The van der Waals surface area contributed by atoms with Crippen molar-refractivity contribution in [2.45, 2.75) is 19.9 Å². The van der Waals surface area contributed by atoms with E-state index in [1.807, 2.05) is 44.2 Å². The third-order valence-electron chi connectivity index (χ3n) is 3.58. The number of benzene rings is 2. The highest BCUT2D eigenvalue weighted by atomic mass is 35.5. The molecular formula is C19H16Cl2N2OS. The van der Waals surface area contributed by atoms with Gasteiger partial charge in [0.05, 0.1) is 10.6 Å². The molecule has 1 fully saturated rings. The molecule has 0 atom stereocenters. The van der Waals surface area contributed by atoms with Crippen LogP contribution in [0.5, 0.6) is 0 Å². The molecule has 2 aromatic rings. The Labute approximate surface area is 161 Å². The lowest BCUT2D eigenvalue weighted by Gasteiger charge is -2.19. The zero-order chi connectivity index (χ0) is 18.0. The molecule has 3 nitrogen and oxygen atoms in total. The summed E-state index contributed by atoms with van der Waals surface area (Å²) in [6, 6.07) is 14.8. The van der Waals surface area contributed by atoms with E-state index in [9.17, 15) is 4.79 Å². The summed E-state index contributed by atoms with van der Waals surface area (Å²) in [6.07, 6.45) is 1.79. The number of rotatable bonds is 3. The predicted molar refractivity (Wildman–Crippen MR) is 108 cm³/mol. The van der Waals surface area contributed by atoms with Crippen molar-refractivity contribution < 1.29 is 4.79 Å². The van der Waals surface area contributed by atoms with Gasteiger partial charge in [0, 0.05) is 16.1 Å². The molecule has 0 saturated carbocycles. The monoisotopic (exact) mass is 390 g/mol. The van der Waals surface area contributed by atoms with Crippen LogP contribution in [-0.2, 0) is 4.79 Å². The fourth-order valence-electron chi connectivity index (χ4n) is 2.39. The van der Waals surface area contributed by atoms with Crippen molar-refractivity contribution in [1.82, 2.24) is 4.90 Å². The molecule has 1 aliphatic heterocycles. The molecule has 0 radical (unpaired) electrons. The van der Waals surface area contributed by atoms with Crippen LogP contribution in [-0.4, -0.2) is 22.0 Å². The SMILES string of the molecule is CC(C)N1C(=O)/C(=C\c2ccc(Cl)cc2Cl)SC1=Nc1ccccc1. The highest BCUT2D eigenvalue weighted by Gasteiger charge is 2.35. The first-order chi connectivity index (χ1) is 12.0. The van der Waals surface area contributed by atoms with E-state index >= 15 is 0 Å². The summed E-state index contributed by atoms with van der Waals surface area (Å²) >= 11 is 13.5. The molecule has 0 aromatic heterocycles. The smallest absolute Gasteiger partial charge is 0.266 e. The molecule has 1 heterocycles. The largest absolute Gasteiger partial charge is 0.284 e. The molecule has 0 N–H and O–H groups in total. The highest BCUT2D eigenvalue weighted by Crippen LogP contribution is 2.36. The van der Waals surface area contributed by atoms with E-state index in [2.05, 4.69) is 4.99 Å². The first-order valence-corrected chi connectivity index (χ1v) is 9.35. The fourth-order valence-corrected chi connectivity index (χ4v) is 3.97. The van der Waals surface area contributed by atoms with Crippen LogP contribution in [0.4, 0.5) is 5.69 Å². The van der Waals surface area contributed by atoms with Gasteiger partial charge in [-0.1, -0.05) is 47.5 Å². The maximum Gasteiger partial charge on any atom is 0.266 e. The zero-order valence-electron chi connectivity index (χ0n) is 13.7. The van der Waals surface area contributed by atoms with E-state index in [1.54, 1.807) is 29.2 Å². The van der Waals surface area contributed by atoms with Gasteiger partial charge in [0.15, 0.2) is 5.17 Å². The van der Waals surface area contributed by atoms with E-state index in [0.717, 1.165) is 11.3 Å². The Balaban J connectivity index is 1.99. The summed E-state index contributed by atoms with van der Waals surface area (Å²) in [5.41, 5.74) is 1.57. The standard InChI is InChI=1S/C19H16Cl2N2OS/c1-12(2)23-18(24)17(10-13-8-9-14(20)11-16(13)21)25-19(23)22-15-6-4-3-5-7-15/h3-12H,1-2H3/b17-10+,22-19?. The highest BCUT2D eigenvalue weighted by molar-refractivity contribution is 8.18. The zero-order valence-corrected chi connectivity index (χ0v) is 16.1. The summed E-state index contributed by atoms with van der Waals surface area (Å²) in [7, 11) is 0. The lowest BCUT2D eigenvalue weighted by Crippen LogP contribution is -2.35. The van der Waals surface area contributed by atoms with Crippen molar-refractivity contribution in [2.75, 3.05) is 0 Å². The maximum atomic E-state index is 12.8. The van der Waals surface area contributed by atoms with E-state index in [0.29, 0.717) is 20.1 Å². The number of amidine groups is 1. The number of nitrogens with zero attached hydrogens (tertiary/aromatic N) is 2. The number of halogens is 2. The molecule has 25 heavy (non-hydrogen) atoms. The summed E-state index contributed by atoms with van der Waals surface area (Å²) in [5.74, 6) is -0.0688. The Morgan fingerprint density at radius 3 is 2.48 bits per heavy atom. The summed E-state index contributed by atoms with van der Waals surface area (Å²) in [5, 5.41) is 1.74. The normalized spacial score (nSPS) is 18.0. The van der Waals surface area contributed by atoms with Gasteiger partial charge in [-0.3, -0.25) is 9.69 Å². The minimum atomic E-state index is -0.0688. The van der Waals surface area contributed by atoms with Gasteiger partial charge in [-0.2, -0.15) is 0 Å². The molecule has 0 spiro atoms. The van der Waals surface area contributed by atoms with Crippen LogP contribution in [0.2, 0.25) is 10.0 Å². The number of hydrogen-bond acceptors (Lipinski definition) is 3. The number of carbonyl (C=O) groups is 1. The molecule has 0 aliphatic carbocycles. The number of thioether (sulfide) groups is 1. The van der Waals surface area contributed by atoms with Crippen LogP contribution in [0.25, 0.3) is 6.08 Å². The van der Waals surface area contributed by atoms with E-state index in [1.165, 1.54) is 11.8 Å². The van der Waals surface area contributed by atoms with Crippen LogP contribution < -0.4 is 0 Å². The molecule has 2 aromatic carbocycles. The quantitative estimate of drug-likeness (QED) is 0.601. The number of amides is 1. The first kappa shape index (κ1) is 18.1. The average molecular weight is 391 g/mol. The van der Waals surface area contributed by atoms with Crippen LogP contribution in [0.15, 0.2) is 58.4 Å². The van der Waals surface area contributed by atoms with Crippen molar-refractivity contribution >= 4 is 57.8 Å². The van der Waals surface area contributed by atoms with Crippen LogP contribution in [0, 0.1) is 0 Å². The Bertz CT molecular complexity index is 863. The van der Waals surface area contributed by atoms with E-state index < -0.39 is 0 Å². The third-order valence-corrected chi connectivity index (χ3v) is 5.13. The number of para-hydroxylation sites is 1. The second-order valence-corrected chi connectivity index (χ2v) is 7.63. The van der Waals surface area contributed by atoms with Crippen molar-refractivity contribution in [3.63, 3.8) is 0 Å². The van der Waals surface area contributed by atoms with Crippen molar-refractivity contribution in [2.24, 2.45) is 4.99 Å². The van der Waals surface area contributed by atoms with Gasteiger partial charge in [-0.05, 0) is 61.5 Å². The van der Waals surface area contributed by atoms with E-state index in [4.69, 9.17) is 23.2 Å². The summed E-state index contributed by atoms with van der Waals surface area (Å²) < 4.78 is 0. The predicted octanol–water partition coefficient (Wildman–Crippen LogP) is 6.01. The van der Waals surface area contributed by atoms with Gasteiger partial charge in [-0.15, -0.1) is 0 Å². The second kappa shape index (κ2) is 7.65. The lowest BCUT2D eigenvalue weighted by molar-refractivity contribution is -0.123. The molecule has 1 amide bonds. The van der Waals surface area contributed by atoms with Gasteiger partial charge >= 0.3 is 0 Å². The van der Waals surface area contributed by atoms with Gasteiger partial charge in [-0.25, -0.2) is 4.99 Å². The number of hydrogen-bond donors (Lipinski definition) is 0. The van der Waals surface area contributed by atoms with Crippen LogP contribution in [0.3, 0.4) is 0 Å². The topological polar surface area (TPSA) is 32.7 Å². The van der Waals surface area contributed by atoms with Gasteiger partial charge < -0.3 is 0 Å². The van der Waals surface area contributed by atoms with Crippen molar-refractivity contribution in [3.05, 3.63) is 69.0 Å². The fraction of sp³-hybridized carbons (Fsp3) is 0.158. The van der Waals surface area contributed by atoms with Crippen LogP contribution >= 0.6 is 35.0 Å². The lowest BCUT2D eigenvalue weighted by atomic mass is 10.2. The molecular weight excluding hydrogens is 375 g/mol. The first-order valence-electron chi connectivity index (χ1n) is 7.77. The minimum Gasteiger partial charge on any atom is -0.284 e. The Hall–Kier alpha value is -1.75. The van der Waals surface area contributed by atoms with Gasteiger partial charge in [0.2, 0.25) is 0 Å². The maximum absolute atomic E-state index is 12.8. The van der Waals surface area contributed by atoms with Gasteiger partial charge in [0.25, 0.3) is 5.91 Å². The molecule has 0 bridgehead atoms. The minimum absolute atomic E-state index is 0.00838. The summed E-state index contributed by atoms with van der Waals surface area (Å²) in [4.78, 5) is 19.7. The Kier molecular flexibility index (Phi) is 5.52. The number of aliphatic imine (C=N–C) groups is 1. The Morgan fingerprint density at radius 2 is 1.84 bits per heavy atom.